The lowest BCUT2D eigenvalue weighted by atomic mass is 10.3. The predicted molar refractivity (Wildman–Crippen MR) is 66.8 cm³/mol. The van der Waals surface area contributed by atoms with E-state index in [0.717, 1.165) is 11.3 Å². The fourth-order valence-corrected chi connectivity index (χ4v) is 4.67. The van der Waals surface area contributed by atoms with Crippen molar-refractivity contribution in [3.05, 3.63) is 5.69 Å². The molecule has 1 aromatic heterocycles. The fourth-order valence-electron chi connectivity index (χ4n) is 1.78. The maximum atomic E-state index is 12.4. The third-order valence-electron chi connectivity index (χ3n) is 2.65. The molecule has 2 rings (SSSR count). The molecule has 2 heterocycles. The highest BCUT2D eigenvalue weighted by Crippen LogP contribution is 2.28. The summed E-state index contributed by atoms with van der Waals surface area (Å²) in [7, 11) is -3.60. The summed E-state index contributed by atoms with van der Waals surface area (Å²) in [6.45, 7) is 2.11. The number of ether oxygens (including phenoxy) is 1. The van der Waals surface area contributed by atoms with E-state index >= 15 is 0 Å². The Balaban J connectivity index is 2.28. The van der Waals surface area contributed by atoms with Gasteiger partial charge in [0.25, 0.3) is 10.0 Å². The van der Waals surface area contributed by atoms with Gasteiger partial charge in [-0.1, -0.05) is 11.3 Å². The first-order valence-corrected chi connectivity index (χ1v) is 7.66. The largest absolute Gasteiger partial charge is 0.394 e. The van der Waals surface area contributed by atoms with Crippen molar-refractivity contribution in [2.45, 2.75) is 17.2 Å². The topological polar surface area (TPSA) is 106 Å². The van der Waals surface area contributed by atoms with E-state index in [1.54, 1.807) is 6.92 Å². The van der Waals surface area contributed by atoms with E-state index in [4.69, 9.17) is 15.6 Å². The number of thiazole rings is 1. The average Bonchev–Trinajstić information content (AvgIpc) is 2.69. The Labute approximate surface area is 109 Å². The van der Waals surface area contributed by atoms with Crippen molar-refractivity contribution in [2.24, 2.45) is 0 Å². The lowest BCUT2D eigenvalue weighted by Gasteiger charge is -2.30. The minimum Gasteiger partial charge on any atom is -0.394 e. The number of sulfonamides is 1. The van der Waals surface area contributed by atoms with Crippen LogP contribution in [-0.4, -0.2) is 55.2 Å². The molecule has 1 fully saturated rings. The highest BCUT2D eigenvalue weighted by atomic mass is 32.2. The van der Waals surface area contributed by atoms with Gasteiger partial charge >= 0.3 is 0 Å². The van der Waals surface area contributed by atoms with Crippen molar-refractivity contribution >= 4 is 26.5 Å². The van der Waals surface area contributed by atoms with Gasteiger partial charge in [0.2, 0.25) is 0 Å². The Kier molecular flexibility index (Phi) is 3.87. The van der Waals surface area contributed by atoms with Gasteiger partial charge in [-0.25, -0.2) is 13.4 Å². The van der Waals surface area contributed by atoms with Gasteiger partial charge in [0.15, 0.2) is 9.34 Å². The van der Waals surface area contributed by atoms with Gasteiger partial charge in [-0.05, 0) is 6.92 Å². The predicted octanol–water partition coefficient (Wildman–Crippen LogP) is -0.584. The summed E-state index contributed by atoms with van der Waals surface area (Å²) >= 11 is 0.957. The molecular weight excluding hydrogens is 278 g/mol. The number of nitrogen functional groups attached to an aromatic ring is 1. The Morgan fingerprint density at radius 2 is 2.39 bits per heavy atom. The van der Waals surface area contributed by atoms with Crippen LogP contribution in [0.2, 0.25) is 0 Å². The molecule has 1 saturated heterocycles. The minimum absolute atomic E-state index is 0.149. The van der Waals surface area contributed by atoms with Gasteiger partial charge in [0, 0.05) is 13.1 Å². The number of nitrogens with two attached hydrogens (primary N) is 1. The zero-order valence-corrected chi connectivity index (χ0v) is 11.5. The third-order valence-corrected chi connectivity index (χ3v) is 6.09. The standard InChI is InChI=1S/C9H15N3O4S2/c1-6-8(17-9(10)11-6)18(14,15)12-2-3-16-7(4-12)5-13/h7,13H,2-5H2,1H3,(H2,10,11). The highest BCUT2D eigenvalue weighted by molar-refractivity contribution is 7.91. The molecular formula is C9H15N3O4S2. The summed E-state index contributed by atoms with van der Waals surface area (Å²) in [5, 5.41) is 9.26. The first kappa shape index (κ1) is 13.7. The molecule has 0 saturated carbocycles. The number of aryl methyl sites for hydroxylation is 1. The molecule has 1 aromatic rings. The van der Waals surface area contributed by atoms with Crippen molar-refractivity contribution < 1.29 is 18.3 Å². The number of hydrogen-bond donors (Lipinski definition) is 2. The second kappa shape index (κ2) is 5.10. The van der Waals surface area contributed by atoms with Crippen LogP contribution in [-0.2, 0) is 14.8 Å². The molecule has 1 aliphatic rings. The molecule has 0 aliphatic carbocycles. The van der Waals surface area contributed by atoms with Crippen LogP contribution in [0, 0.1) is 6.92 Å². The highest BCUT2D eigenvalue weighted by Gasteiger charge is 2.33. The Morgan fingerprint density at radius 3 is 2.94 bits per heavy atom. The van der Waals surface area contributed by atoms with E-state index in [1.165, 1.54) is 4.31 Å². The molecule has 7 nitrogen and oxygen atoms in total. The summed E-state index contributed by atoms with van der Waals surface area (Å²) in [6.07, 6.45) is -0.473. The number of nitrogens with zero attached hydrogens (tertiary/aromatic N) is 2. The van der Waals surface area contributed by atoms with E-state index in [2.05, 4.69) is 4.98 Å². The van der Waals surface area contributed by atoms with E-state index in [9.17, 15) is 8.42 Å². The summed E-state index contributed by atoms with van der Waals surface area (Å²) < 4.78 is 31.5. The molecule has 3 N–H and O–H groups in total. The first-order valence-electron chi connectivity index (χ1n) is 5.40. The number of morpholine rings is 1. The quantitative estimate of drug-likeness (QED) is 0.772. The zero-order chi connectivity index (χ0) is 13.3. The summed E-state index contributed by atoms with van der Waals surface area (Å²) in [4.78, 5) is 3.92. The van der Waals surface area contributed by atoms with E-state index in [1.807, 2.05) is 0 Å². The van der Waals surface area contributed by atoms with Crippen LogP contribution in [0.3, 0.4) is 0 Å². The molecule has 0 spiro atoms. The van der Waals surface area contributed by atoms with E-state index in [-0.39, 0.29) is 35.6 Å². The summed E-state index contributed by atoms with van der Waals surface area (Å²) in [5.41, 5.74) is 5.93. The Hall–Kier alpha value is -0.740. The van der Waals surface area contributed by atoms with Crippen molar-refractivity contribution in [3.63, 3.8) is 0 Å². The van der Waals surface area contributed by atoms with Gasteiger partial charge in [-0.3, -0.25) is 0 Å². The average molecular weight is 293 g/mol. The van der Waals surface area contributed by atoms with E-state index < -0.39 is 16.1 Å². The SMILES string of the molecule is Cc1nc(N)sc1S(=O)(=O)N1CCOC(CO)C1. The summed E-state index contributed by atoms with van der Waals surface area (Å²) in [5.74, 6) is 0. The molecule has 1 unspecified atom stereocenters. The van der Waals surface area contributed by atoms with Gasteiger partial charge in [0.1, 0.15) is 0 Å². The first-order chi connectivity index (χ1) is 8.45. The number of hydrogen-bond acceptors (Lipinski definition) is 7. The minimum atomic E-state index is -3.60. The van der Waals surface area contributed by atoms with Gasteiger partial charge in [-0.15, -0.1) is 0 Å². The molecule has 1 aliphatic heterocycles. The molecule has 0 aromatic carbocycles. The van der Waals surface area contributed by atoms with Gasteiger partial charge < -0.3 is 15.6 Å². The molecule has 102 valence electrons. The van der Waals surface area contributed by atoms with Crippen LogP contribution >= 0.6 is 11.3 Å². The molecule has 0 amide bonds. The molecule has 9 heteroatoms. The maximum Gasteiger partial charge on any atom is 0.254 e. The molecule has 0 bridgehead atoms. The normalized spacial score (nSPS) is 22.2. The fraction of sp³-hybridized carbons (Fsp3) is 0.667. The smallest absolute Gasteiger partial charge is 0.254 e. The number of aromatic nitrogens is 1. The second-order valence-corrected chi connectivity index (χ2v) is 7.13. The van der Waals surface area contributed by atoms with Crippen molar-refractivity contribution in [3.8, 4) is 0 Å². The molecule has 0 radical (unpaired) electrons. The number of rotatable bonds is 3. The molecule has 18 heavy (non-hydrogen) atoms. The van der Waals surface area contributed by atoms with Crippen LogP contribution in [0.5, 0.6) is 0 Å². The number of aliphatic hydroxyl groups is 1. The van der Waals surface area contributed by atoms with Crippen LogP contribution in [0.4, 0.5) is 5.13 Å². The number of anilines is 1. The Bertz CT molecular complexity index is 528. The van der Waals surface area contributed by atoms with E-state index in [0.29, 0.717) is 5.69 Å². The van der Waals surface area contributed by atoms with Crippen molar-refractivity contribution in [2.75, 3.05) is 32.0 Å². The van der Waals surface area contributed by atoms with Crippen LogP contribution in [0.25, 0.3) is 0 Å². The zero-order valence-electron chi connectivity index (χ0n) is 9.87. The third kappa shape index (κ3) is 2.50. The summed E-state index contributed by atoms with van der Waals surface area (Å²) in [6, 6.07) is 0. The van der Waals surface area contributed by atoms with Gasteiger partial charge in [0.05, 0.1) is 25.0 Å². The maximum absolute atomic E-state index is 12.4. The lowest BCUT2D eigenvalue weighted by Crippen LogP contribution is -2.46. The Morgan fingerprint density at radius 1 is 1.67 bits per heavy atom. The van der Waals surface area contributed by atoms with Crippen LogP contribution in [0.1, 0.15) is 5.69 Å². The van der Waals surface area contributed by atoms with Crippen LogP contribution < -0.4 is 5.73 Å². The second-order valence-electron chi connectivity index (χ2n) is 3.96. The number of aliphatic hydroxyl groups excluding tert-OH is 1. The monoisotopic (exact) mass is 293 g/mol. The van der Waals surface area contributed by atoms with Crippen molar-refractivity contribution in [1.29, 1.82) is 0 Å². The van der Waals surface area contributed by atoms with Crippen LogP contribution in [0.15, 0.2) is 4.21 Å². The van der Waals surface area contributed by atoms with Crippen molar-refractivity contribution in [1.82, 2.24) is 9.29 Å². The van der Waals surface area contributed by atoms with Gasteiger partial charge in [-0.2, -0.15) is 4.31 Å². The molecule has 1 atom stereocenters. The lowest BCUT2D eigenvalue weighted by molar-refractivity contribution is -0.0304.